The summed E-state index contributed by atoms with van der Waals surface area (Å²) in [5.74, 6) is 0.304. The van der Waals surface area contributed by atoms with E-state index in [9.17, 15) is 13.2 Å². The van der Waals surface area contributed by atoms with Crippen LogP contribution < -0.4 is 9.61 Å². The number of nitrogens with zero attached hydrogens (tertiary/aromatic N) is 3. The lowest BCUT2D eigenvalue weighted by Gasteiger charge is -2.26. The fraction of sp³-hybridized carbons (Fsp3) is 0.231. The van der Waals surface area contributed by atoms with Gasteiger partial charge >= 0.3 is 10.1 Å². The molecule has 13 heteroatoms. The quantitative estimate of drug-likeness (QED) is 0.234. The topological polar surface area (TPSA) is 93.5 Å². The highest BCUT2D eigenvalue weighted by Crippen LogP contribution is 2.34. The number of carbonyl (C=O) groups excluding carboxylic acids is 1. The van der Waals surface area contributed by atoms with E-state index in [1.54, 1.807) is 65.4 Å². The Bertz CT molecular complexity index is 1570. The van der Waals surface area contributed by atoms with Crippen molar-refractivity contribution in [2.75, 3.05) is 13.1 Å². The third kappa shape index (κ3) is 6.42. The van der Waals surface area contributed by atoms with E-state index < -0.39 is 10.1 Å². The number of thiophene rings is 1. The van der Waals surface area contributed by atoms with E-state index in [4.69, 9.17) is 32.4 Å². The molecule has 1 saturated heterocycles. The first kappa shape index (κ1) is 29.4. The third-order valence-corrected chi connectivity index (χ3v) is 9.30. The largest absolute Gasteiger partial charge is 0.378 e. The molecule has 4 aromatic rings. The fourth-order valence-corrected chi connectivity index (χ4v) is 6.68. The Morgan fingerprint density at radius 3 is 2.41 bits per heavy atom. The van der Waals surface area contributed by atoms with Gasteiger partial charge in [-0.25, -0.2) is 9.99 Å². The van der Waals surface area contributed by atoms with Crippen LogP contribution in [0.3, 0.4) is 0 Å². The number of hydrazine groups is 1. The second-order valence-electron chi connectivity index (χ2n) is 8.78. The lowest BCUT2D eigenvalue weighted by Crippen LogP contribution is -2.45. The highest BCUT2D eigenvalue weighted by molar-refractivity contribution is 7.89. The molecule has 0 aliphatic carbocycles. The number of nitrogens with one attached hydrogen (secondary N) is 1. The van der Waals surface area contributed by atoms with Gasteiger partial charge in [0.25, 0.3) is 5.91 Å². The van der Waals surface area contributed by atoms with Crippen molar-refractivity contribution in [3.05, 3.63) is 81.4 Å². The monoisotopic (exact) mass is 626 g/mol. The molecule has 0 bridgehead atoms. The summed E-state index contributed by atoms with van der Waals surface area (Å²) in [6.07, 6.45) is 3.19. The summed E-state index contributed by atoms with van der Waals surface area (Å²) in [7, 11) is -3.93. The van der Waals surface area contributed by atoms with Gasteiger partial charge in [-0.3, -0.25) is 14.8 Å². The zero-order valence-corrected chi connectivity index (χ0v) is 24.7. The van der Waals surface area contributed by atoms with Crippen LogP contribution in [-0.4, -0.2) is 42.0 Å². The maximum Gasteiger partial charge on any atom is 0.348 e. The lowest BCUT2D eigenvalue weighted by atomic mass is 10.2. The van der Waals surface area contributed by atoms with Gasteiger partial charge in [-0.15, -0.1) is 23.7 Å². The van der Waals surface area contributed by atoms with Crippen LogP contribution in [0.4, 0.5) is 0 Å². The van der Waals surface area contributed by atoms with Gasteiger partial charge in [0, 0.05) is 29.4 Å². The standard InChI is InChI=1S/C26H24Cl2N4O4S2.ClH/c1-17-24(26(33)30-31-13-3-2-4-14-31)29-25(21-12-7-18(27)16-22(21)28)32(17)19-8-10-20(11-9-19)36-38(34,35)23-6-5-15-37-23;/h5-12,15-16H,2-4,13-14H2,1H3,(H,30,33);1H. The number of imidazole rings is 1. The summed E-state index contributed by atoms with van der Waals surface area (Å²) in [6, 6.07) is 14.7. The number of benzene rings is 2. The predicted octanol–water partition coefficient (Wildman–Crippen LogP) is 6.54. The van der Waals surface area contributed by atoms with Gasteiger partial charge in [0.15, 0.2) is 9.90 Å². The summed E-state index contributed by atoms with van der Waals surface area (Å²) in [5, 5.41) is 4.45. The first-order valence-corrected chi connectivity index (χ1v) is 15.0. The van der Waals surface area contributed by atoms with Crippen molar-refractivity contribution in [2.45, 2.75) is 30.4 Å². The van der Waals surface area contributed by atoms with Gasteiger partial charge in [0.05, 0.1) is 10.7 Å². The molecule has 206 valence electrons. The van der Waals surface area contributed by atoms with Crippen LogP contribution in [0, 0.1) is 6.92 Å². The zero-order valence-electron chi connectivity index (χ0n) is 20.8. The second-order valence-corrected chi connectivity index (χ2v) is 12.3. The molecule has 0 spiro atoms. The Balaban J connectivity index is 0.00000353. The van der Waals surface area contributed by atoms with E-state index in [1.165, 1.54) is 6.07 Å². The molecule has 0 atom stereocenters. The van der Waals surface area contributed by atoms with Crippen molar-refractivity contribution in [3.63, 3.8) is 0 Å². The SMILES string of the molecule is Cc1c(C(=O)NN2CCCCC2)nc(-c2ccc(Cl)cc2Cl)n1-c1ccc(OS(=O)(=O)c2cccs2)cc1.Cl. The average Bonchev–Trinajstić information content (AvgIpc) is 3.54. The number of aromatic nitrogens is 2. The van der Waals surface area contributed by atoms with Crippen molar-refractivity contribution >= 4 is 63.0 Å². The molecular formula is C26H25Cl3N4O4S2. The van der Waals surface area contributed by atoms with Crippen molar-refractivity contribution < 1.29 is 17.4 Å². The maximum atomic E-state index is 13.3. The molecule has 1 N–H and O–H groups in total. The highest BCUT2D eigenvalue weighted by Gasteiger charge is 2.25. The minimum atomic E-state index is -3.93. The van der Waals surface area contributed by atoms with E-state index in [1.807, 2.05) is 5.01 Å². The molecule has 5 rings (SSSR count). The first-order chi connectivity index (χ1) is 18.2. The van der Waals surface area contributed by atoms with E-state index in [0.717, 1.165) is 43.7 Å². The summed E-state index contributed by atoms with van der Waals surface area (Å²) in [4.78, 5) is 18.0. The number of carbonyl (C=O) groups is 1. The Morgan fingerprint density at radius 2 is 1.77 bits per heavy atom. The van der Waals surface area contributed by atoms with Crippen LogP contribution in [0.2, 0.25) is 10.0 Å². The molecule has 1 aliphatic rings. The van der Waals surface area contributed by atoms with Gasteiger partial charge in [-0.05, 0) is 73.7 Å². The zero-order chi connectivity index (χ0) is 26.9. The maximum absolute atomic E-state index is 13.3. The average molecular weight is 628 g/mol. The normalized spacial score (nSPS) is 14.0. The predicted molar refractivity (Wildman–Crippen MR) is 156 cm³/mol. The molecule has 8 nitrogen and oxygen atoms in total. The first-order valence-electron chi connectivity index (χ1n) is 11.9. The fourth-order valence-electron chi connectivity index (χ4n) is 4.31. The summed E-state index contributed by atoms with van der Waals surface area (Å²) in [5.41, 5.74) is 5.07. The lowest BCUT2D eigenvalue weighted by molar-refractivity contribution is 0.0744. The third-order valence-electron chi connectivity index (χ3n) is 6.15. The number of amides is 1. The minimum Gasteiger partial charge on any atom is -0.378 e. The van der Waals surface area contributed by atoms with E-state index in [0.29, 0.717) is 32.8 Å². The minimum absolute atomic E-state index is 0. The van der Waals surface area contributed by atoms with Crippen LogP contribution >= 0.6 is 46.9 Å². The van der Waals surface area contributed by atoms with Crippen LogP contribution in [-0.2, 0) is 10.1 Å². The molecule has 3 heterocycles. The van der Waals surface area contributed by atoms with Crippen molar-refractivity contribution in [3.8, 4) is 22.8 Å². The molecule has 0 radical (unpaired) electrons. The van der Waals surface area contributed by atoms with Crippen molar-refractivity contribution in [1.82, 2.24) is 20.0 Å². The molecule has 39 heavy (non-hydrogen) atoms. The Morgan fingerprint density at radius 1 is 1.05 bits per heavy atom. The van der Waals surface area contributed by atoms with Gasteiger partial charge < -0.3 is 4.18 Å². The number of hydrogen-bond acceptors (Lipinski definition) is 7. The van der Waals surface area contributed by atoms with Crippen molar-refractivity contribution in [1.29, 1.82) is 0 Å². The molecule has 1 aliphatic heterocycles. The molecule has 1 fully saturated rings. The molecule has 2 aromatic carbocycles. The van der Waals surface area contributed by atoms with Crippen LogP contribution in [0.25, 0.3) is 17.1 Å². The van der Waals surface area contributed by atoms with Gasteiger partial charge in [-0.2, -0.15) is 8.42 Å². The van der Waals surface area contributed by atoms with Crippen LogP contribution in [0.15, 0.2) is 64.2 Å². The summed E-state index contributed by atoms with van der Waals surface area (Å²) >= 11 is 13.7. The van der Waals surface area contributed by atoms with E-state index >= 15 is 0 Å². The second kappa shape index (κ2) is 12.3. The van der Waals surface area contributed by atoms with Gasteiger partial charge in [-0.1, -0.05) is 35.7 Å². The smallest absolute Gasteiger partial charge is 0.348 e. The highest BCUT2D eigenvalue weighted by atomic mass is 35.5. The molecule has 1 amide bonds. The van der Waals surface area contributed by atoms with Crippen LogP contribution in [0.5, 0.6) is 5.75 Å². The Labute approximate surface area is 247 Å². The Hall–Kier alpha value is -2.60. The number of piperidine rings is 1. The number of hydrogen-bond donors (Lipinski definition) is 1. The van der Waals surface area contributed by atoms with Crippen LogP contribution in [0.1, 0.15) is 35.4 Å². The van der Waals surface area contributed by atoms with E-state index in [-0.39, 0.29) is 34.0 Å². The molecular weight excluding hydrogens is 603 g/mol. The number of rotatable bonds is 7. The summed E-state index contributed by atoms with van der Waals surface area (Å²) < 4.78 is 32.3. The molecule has 0 saturated carbocycles. The molecule has 2 aromatic heterocycles. The van der Waals surface area contributed by atoms with Gasteiger partial charge in [0.2, 0.25) is 0 Å². The Kier molecular flexibility index (Phi) is 9.25. The number of halogens is 3. The van der Waals surface area contributed by atoms with E-state index in [2.05, 4.69) is 5.43 Å². The molecule has 0 unspecified atom stereocenters. The van der Waals surface area contributed by atoms with Crippen molar-refractivity contribution in [2.24, 2.45) is 0 Å². The van der Waals surface area contributed by atoms with Gasteiger partial charge in [0.1, 0.15) is 11.6 Å². The summed E-state index contributed by atoms with van der Waals surface area (Å²) in [6.45, 7) is 3.38.